The van der Waals surface area contributed by atoms with Gasteiger partial charge in [-0.2, -0.15) is 0 Å². The lowest BCUT2D eigenvalue weighted by atomic mass is 9.99. The Kier molecular flexibility index (Phi) is 4.51. The summed E-state index contributed by atoms with van der Waals surface area (Å²) in [4.78, 5) is 24.6. The number of hydrogen-bond donors (Lipinski definition) is 1. The summed E-state index contributed by atoms with van der Waals surface area (Å²) < 4.78 is 5.50. The lowest BCUT2D eigenvalue weighted by Crippen LogP contribution is -2.50. The van der Waals surface area contributed by atoms with Crippen LogP contribution in [0.2, 0.25) is 0 Å². The number of carboxylic acid groups (broad SMARTS) is 1. The van der Waals surface area contributed by atoms with Crippen LogP contribution in [0.5, 0.6) is 0 Å². The first-order valence-corrected chi connectivity index (χ1v) is 6.07. The number of aliphatic carboxylic acids is 1. The van der Waals surface area contributed by atoms with E-state index in [2.05, 4.69) is 0 Å². The molecule has 0 saturated carbocycles. The van der Waals surface area contributed by atoms with E-state index >= 15 is 0 Å². The Morgan fingerprint density at radius 1 is 1.53 bits per heavy atom. The third-order valence-corrected chi connectivity index (χ3v) is 3.27. The molecule has 0 aromatic rings. The van der Waals surface area contributed by atoms with Crippen LogP contribution in [0, 0.1) is 0 Å². The Labute approximate surface area is 102 Å². The van der Waals surface area contributed by atoms with Crippen LogP contribution >= 0.6 is 0 Å². The number of carbonyl (C=O) groups excluding carboxylic acids is 1. The number of amides is 1. The zero-order valence-electron chi connectivity index (χ0n) is 10.7. The highest BCUT2D eigenvalue weighted by molar-refractivity contribution is 5.85. The maximum Gasteiger partial charge on any atom is 0.305 e. The van der Waals surface area contributed by atoms with Gasteiger partial charge >= 0.3 is 5.97 Å². The minimum atomic E-state index is -0.888. The lowest BCUT2D eigenvalue weighted by Gasteiger charge is -2.34. The number of hydrogen-bond acceptors (Lipinski definition) is 3. The van der Waals surface area contributed by atoms with Crippen molar-refractivity contribution in [1.82, 2.24) is 4.90 Å². The van der Waals surface area contributed by atoms with Gasteiger partial charge in [-0.1, -0.05) is 0 Å². The van der Waals surface area contributed by atoms with Gasteiger partial charge in [0.25, 0.3) is 5.91 Å². The topological polar surface area (TPSA) is 66.8 Å². The molecule has 1 fully saturated rings. The largest absolute Gasteiger partial charge is 0.481 e. The van der Waals surface area contributed by atoms with Crippen LogP contribution in [-0.2, 0) is 14.3 Å². The molecule has 5 nitrogen and oxygen atoms in total. The van der Waals surface area contributed by atoms with Crippen molar-refractivity contribution in [3.8, 4) is 0 Å². The summed E-state index contributed by atoms with van der Waals surface area (Å²) in [5, 5.41) is 8.77. The number of carbonyl (C=O) groups is 2. The SMILES string of the molecule is CCN(C(=O)C1(C)CCCO1)C(C)CC(=O)O. The molecular weight excluding hydrogens is 222 g/mol. The normalized spacial score (nSPS) is 25.6. The highest BCUT2D eigenvalue weighted by Gasteiger charge is 2.41. The van der Waals surface area contributed by atoms with Crippen molar-refractivity contribution >= 4 is 11.9 Å². The lowest BCUT2D eigenvalue weighted by molar-refractivity contribution is -0.154. The molecule has 1 amide bonds. The fraction of sp³-hybridized carbons (Fsp3) is 0.833. The van der Waals surface area contributed by atoms with Crippen molar-refractivity contribution in [2.24, 2.45) is 0 Å². The van der Waals surface area contributed by atoms with Gasteiger partial charge in [-0.15, -0.1) is 0 Å². The average molecular weight is 243 g/mol. The average Bonchev–Trinajstić information content (AvgIpc) is 2.66. The van der Waals surface area contributed by atoms with Gasteiger partial charge < -0.3 is 14.7 Å². The van der Waals surface area contributed by atoms with Gasteiger partial charge in [0.1, 0.15) is 5.60 Å². The summed E-state index contributed by atoms with van der Waals surface area (Å²) >= 11 is 0. The van der Waals surface area contributed by atoms with Crippen molar-refractivity contribution in [3.05, 3.63) is 0 Å². The first-order chi connectivity index (χ1) is 7.90. The number of nitrogens with zero attached hydrogens (tertiary/aromatic N) is 1. The molecule has 17 heavy (non-hydrogen) atoms. The third kappa shape index (κ3) is 3.19. The van der Waals surface area contributed by atoms with Gasteiger partial charge in [0, 0.05) is 19.2 Å². The molecule has 0 aromatic heterocycles. The molecule has 1 aliphatic rings. The second kappa shape index (κ2) is 5.49. The van der Waals surface area contributed by atoms with Gasteiger partial charge in [-0.25, -0.2) is 0 Å². The van der Waals surface area contributed by atoms with E-state index in [1.54, 1.807) is 18.7 Å². The van der Waals surface area contributed by atoms with Crippen LogP contribution < -0.4 is 0 Å². The molecule has 1 N–H and O–H groups in total. The van der Waals surface area contributed by atoms with E-state index in [1.807, 2.05) is 6.92 Å². The number of rotatable bonds is 5. The van der Waals surface area contributed by atoms with Crippen LogP contribution in [0.1, 0.15) is 40.0 Å². The molecule has 1 heterocycles. The second-order valence-electron chi connectivity index (χ2n) is 4.72. The van der Waals surface area contributed by atoms with Crippen LogP contribution in [0.3, 0.4) is 0 Å². The first-order valence-electron chi connectivity index (χ1n) is 6.07. The predicted molar refractivity (Wildman–Crippen MR) is 62.7 cm³/mol. The number of likely N-dealkylation sites (N-methyl/N-ethyl adjacent to an activating group) is 1. The van der Waals surface area contributed by atoms with E-state index in [0.717, 1.165) is 6.42 Å². The third-order valence-electron chi connectivity index (χ3n) is 3.27. The highest BCUT2D eigenvalue weighted by Crippen LogP contribution is 2.28. The summed E-state index contributed by atoms with van der Waals surface area (Å²) in [6, 6.07) is -0.300. The van der Waals surface area contributed by atoms with E-state index in [0.29, 0.717) is 19.6 Å². The van der Waals surface area contributed by atoms with Crippen LogP contribution in [-0.4, -0.2) is 46.7 Å². The van der Waals surface area contributed by atoms with E-state index in [9.17, 15) is 9.59 Å². The Morgan fingerprint density at radius 3 is 2.59 bits per heavy atom. The first kappa shape index (κ1) is 14.0. The van der Waals surface area contributed by atoms with Gasteiger partial charge in [0.15, 0.2) is 0 Å². The van der Waals surface area contributed by atoms with E-state index in [-0.39, 0.29) is 18.4 Å². The highest BCUT2D eigenvalue weighted by atomic mass is 16.5. The smallest absolute Gasteiger partial charge is 0.305 e. The summed E-state index contributed by atoms with van der Waals surface area (Å²) in [7, 11) is 0. The van der Waals surface area contributed by atoms with Crippen molar-refractivity contribution < 1.29 is 19.4 Å². The summed E-state index contributed by atoms with van der Waals surface area (Å²) in [5.41, 5.74) is -0.761. The molecule has 1 rings (SSSR count). The molecule has 0 spiro atoms. The Bertz CT molecular complexity index is 297. The fourth-order valence-corrected chi connectivity index (χ4v) is 2.27. The maximum absolute atomic E-state index is 12.3. The molecule has 0 bridgehead atoms. The van der Waals surface area contributed by atoms with Crippen LogP contribution in [0.25, 0.3) is 0 Å². The van der Waals surface area contributed by atoms with Crippen molar-refractivity contribution in [3.63, 3.8) is 0 Å². The zero-order chi connectivity index (χ0) is 13.1. The maximum atomic E-state index is 12.3. The summed E-state index contributed by atoms with van der Waals surface area (Å²) in [6.07, 6.45) is 1.56. The molecule has 0 aromatic carbocycles. The molecule has 2 unspecified atom stereocenters. The van der Waals surface area contributed by atoms with Crippen molar-refractivity contribution in [1.29, 1.82) is 0 Å². The summed E-state index contributed by atoms with van der Waals surface area (Å²) in [5.74, 6) is -0.979. The van der Waals surface area contributed by atoms with E-state index in [1.165, 1.54) is 0 Å². The molecule has 1 aliphatic heterocycles. The Morgan fingerprint density at radius 2 is 2.18 bits per heavy atom. The number of carboxylic acids is 1. The van der Waals surface area contributed by atoms with Crippen molar-refractivity contribution in [2.75, 3.05) is 13.2 Å². The zero-order valence-corrected chi connectivity index (χ0v) is 10.7. The van der Waals surface area contributed by atoms with Crippen LogP contribution in [0.15, 0.2) is 0 Å². The quantitative estimate of drug-likeness (QED) is 0.789. The molecular formula is C12H21NO4. The molecule has 0 aliphatic carbocycles. The van der Waals surface area contributed by atoms with E-state index < -0.39 is 11.6 Å². The second-order valence-corrected chi connectivity index (χ2v) is 4.72. The summed E-state index contributed by atoms with van der Waals surface area (Å²) in [6.45, 7) is 6.51. The van der Waals surface area contributed by atoms with Crippen molar-refractivity contribution in [2.45, 2.75) is 51.7 Å². The fourth-order valence-electron chi connectivity index (χ4n) is 2.27. The Hall–Kier alpha value is -1.10. The molecule has 2 atom stereocenters. The van der Waals surface area contributed by atoms with Gasteiger partial charge in [-0.3, -0.25) is 9.59 Å². The van der Waals surface area contributed by atoms with Gasteiger partial charge in [0.2, 0.25) is 0 Å². The number of ether oxygens (including phenoxy) is 1. The van der Waals surface area contributed by atoms with E-state index in [4.69, 9.17) is 9.84 Å². The predicted octanol–water partition coefficient (Wildman–Crippen LogP) is 1.27. The monoisotopic (exact) mass is 243 g/mol. The van der Waals surface area contributed by atoms with Gasteiger partial charge in [-0.05, 0) is 33.6 Å². The van der Waals surface area contributed by atoms with Gasteiger partial charge in [0.05, 0.1) is 6.42 Å². The standard InChI is InChI=1S/C12H21NO4/c1-4-13(9(2)8-10(14)15)11(16)12(3)6-5-7-17-12/h9H,4-8H2,1-3H3,(H,14,15). The van der Waals surface area contributed by atoms with Crippen LogP contribution in [0.4, 0.5) is 0 Å². The Balaban J connectivity index is 2.72. The molecule has 98 valence electrons. The molecule has 5 heteroatoms. The minimum absolute atomic E-state index is 0.0321. The molecule has 1 saturated heterocycles. The molecule has 0 radical (unpaired) electrons. The minimum Gasteiger partial charge on any atom is -0.481 e.